The van der Waals surface area contributed by atoms with Crippen molar-refractivity contribution in [2.24, 2.45) is 5.10 Å². The molecule has 1 aromatic carbocycles. The largest absolute Gasteiger partial charge is 0.508 e. The molecular weight excluding hydrogens is 248 g/mol. The van der Waals surface area contributed by atoms with Gasteiger partial charge in [0.05, 0.1) is 11.1 Å². The second kappa shape index (κ2) is 5.46. The van der Waals surface area contributed by atoms with Crippen LogP contribution in [0.4, 0.5) is 0 Å². The minimum Gasteiger partial charge on any atom is -0.508 e. The summed E-state index contributed by atoms with van der Waals surface area (Å²) in [5, 5.41) is 15.0. The minimum absolute atomic E-state index is 0.166. The molecule has 4 nitrogen and oxygen atoms in total. The Kier molecular flexibility index (Phi) is 3.74. The molecule has 0 aliphatic rings. The van der Waals surface area contributed by atoms with Crippen molar-refractivity contribution in [3.05, 3.63) is 51.7 Å². The number of amides is 1. The number of benzene rings is 1. The number of nitrogens with one attached hydrogen (secondary N) is 1. The van der Waals surface area contributed by atoms with Crippen molar-refractivity contribution in [2.75, 3.05) is 0 Å². The number of thiophene rings is 1. The average molecular weight is 260 g/mol. The highest BCUT2D eigenvalue weighted by molar-refractivity contribution is 7.12. The first-order chi connectivity index (χ1) is 8.66. The molecule has 0 unspecified atom stereocenters. The zero-order valence-electron chi connectivity index (χ0n) is 9.75. The summed E-state index contributed by atoms with van der Waals surface area (Å²) in [4.78, 5) is 12.4. The number of carbonyl (C=O) groups is 1. The fraction of sp³-hybridized carbons (Fsp3) is 0.0769. The van der Waals surface area contributed by atoms with Gasteiger partial charge in [-0.15, -0.1) is 11.3 Å². The lowest BCUT2D eigenvalue weighted by Crippen LogP contribution is -2.17. The van der Waals surface area contributed by atoms with E-state index in [1.165, 1.54) is 17.6 Å². The monoisotopic (exact) mass is 260 g/mol. The molecule has 1 aromatic heterocycles. The Balaban J connectivity index is 2.00. The number of rotatable bonds is 3. The lowest BCUT2D eigenvalue weighted by molar-refractivity contribution is 0.0958. The third-order valence-corrected chi connectivity index (χ3v) is 3.33. The maximum absolute atomic E-state index is 11.7. The summed E-state index contributed by atoms with van der Waals surface area (Å²) >= 11 is 1.38. The first-order valence-electron chi connectivity index (χ1n) is 5.33. The van der Waals surface area contributed by atoms with Gasteiger partial charge in [-0.3, -0.25) is 4.79 Å². The standard InChI is InChI=1S/C13H12N2O2S/c1-9-5-6-18-12(9)13(17)15-14-8-10-3-2-4-11(16)7-10/h2-8,16H,1H3,(H,15,17). The number of hydrogen-bond acceptors (Lipinski definition) is 4. The van der Waals surface area contributed by atoms with Crippen LogP contribution in [0.1, 0.15) is 20.8 Å². The van der Waals surface area contributed by atoms with Crippen LogP contribution in [0.5, 0.6) is 5.75 Å². The van der Waals surface area contributed by atoms with Crippen molar-refractivity contribution in [1.29, 1.82) is 0 Å². The van der Waals surface area contributed by atoms with E-state index in [-0.39, 0.29) is 11.7 Å². The van der Waals surface area contributed by atoms with E-state index in [2.05, 4.69) is 10.5 Å². The van der Waals surface area contributed by atoms with Crippen LogP contribution < -0.4 is 5.43 Å². The zero-order valence-corrected chi connectivity index (χ0v) is 10.6. The van der Waals surface area contributed by atoms with E-state index in [1.54, 1.807) is 24.3 Å². The van der Waals surface area contributed by atoms with Crippen molar-refractivity contribution < 1.29 is 9.90 Å². The molecular formula is C13H12N2O2S. The second-order valence-electron chi connectivity index (χ2n) is 3.73. The molecule has 1 amide bonds. The topological polar surface area (TPSA) is 61.7 Å². The Morgan fingerprint density at radius 3 is 2.94 bits per heavy atom. The zero-order chi connectivity index (χ0) is 13.0. The van der Waals surface area contributed by atoms with Crippen LogP contribution in [0.15, 0.2) is 40.8 Å². The molecule has 0 aliphatic heterocycles. The van der Waals surface area contributed by atoms with Crippen molar-refractivity contribution in [3.8, 4) is 5.75 Å². The van der Waals surface area contributed by atoms with Crippen LogP contribution in [0, 0.1) is 6.92 Å². The molecule has 0 saturated heterocycles. The number of nitrogens with zero attached hydrogens (tertiary/aromatic N) is 1. The molecule has 0 atom stereocenters. The highest BCUT2D eigenvalue weighted by atomic mass is 32.1. The molecule has 2 N–H and O–H groups in total. The fourth-order valence-corrected chi connectivity index (χ4v) is 2.24. The summed E-state index contributed by atoms with van der Waals surface area (Å²) in [5.41, 5.74) is 4.11. The predicted molar refractivity (Wildman–Crippen MR) is 72.2 cm³/mol. The summed E-state index contributed by atoms with van der Waals surface area (Å²) in [6.07, 6.45) is 1.49. The summed E-state index contributed by atoms with van der Waals surface area (Å²) < 4.78 is 0. The normalized spacial score (nSPS) is 10.7. The first-order valence-corrected chi connectivity index (χ1v) is 6.21. The van der Waals surface area contributed by atoms with Gasteiger partial charge in [0.15, 0.2) is 0 Å². The molecule has 0 fully saturated rings. The Hall–Kier alpha value is -2.14. The van der Waals surface area contributed by atoms with Gasteiger partial charge in [-0.25, -0.2) is 5.43 Å². The van der Waals surface area contributed by atoms with Gasteiger partial charge in [0.25, 0.3) is 5.91 Å². The molecule has 5 heteroatoms. The highest BCUT2D eigenvalue weighted by Crippen LogP contribution is 2.15. The van der Waals surface area contributed by atoms with Gasteiger partial charge < -0.3 is 5.11 Å². The van der Waals surface area contributed by atoms with Crippen LogP contribution in [0.2, 0.25) is 0 Å². The second-order valence-corrected chi connectivity index (χ2v) is 4.64. The predicted octanol–water partition coefficient (Wildman–Crippen LogP) is 2.53. The van der Waals surface area contributed by atoms with Gasteiger partial charge in [-0.05, 0) is 41.6 Å². The molecule has 92 valence electrons. The smallest absolute Gasteiger partial charge is 0.281 e. The Morgan fingerprint density at radius 2 is 2.28 bits per heavy atom. The summed E-state index contributed by atoms with van der Waals surface area (Å²) in [6, 6.07) is 8.52. The van der Waals surface area contributed by atoms with Crippen LogP contribution in [0.25, 0.3) is 0 Å². The summed E-state index contributed by atoms with van der Waals surface area (Å²) in [5.74, 6) is -0.0571. The van der Waals surface area contributed by atoms with Crippen molar-refractivity contribution in [2.45, 2.75) is 6.92 Å². The molecule has 1 heterocycles. The number of hydrazone groups is 1. The molecule has 0 aliphatic carbocycles. The van der Waals surface area contributed by atoms with Crippen molar-refractivity contribution in [1.82, 2.24) is 5.43 Å². The van der Waals surface area contributed by atoms with Gasteiger partial charge in [-0.1, -0.05) is 12.1 Å². The number of aromatic hydroxyl groups is 1. The molecule has 0 radical (unpaired) electrons. The number of phenolic OH excluding ortho intramolecular Hbond substituents is 1. The Morgan fingerprint density at radius 1 is 1.44 bits per heavy atom. The average Bonchev–Trinajstić information content (AvgIpc) is 2.75. The SMILES string of the molecule is Cc1ccsc1C(=O)NN=Cc1cccc(O)c1. The highest BCUT2D eigenvalue weighted by Gasteiger charge is 2.08. The quantitative estimate of drug-likeness (QED) is 0.658. The van der Waals surface area contributed by atoms with E-state index in [0.29, 0.717) is 4.88 Å². The third kappa shape index (κ3) is 2.95. The molecule has 2 aromatic rings. The van der Waals surface area contributed by atoms with Crippen LogP contribution in [-0.2, 0) is 0 Å². The molecule has 0 spiro atoms. The molecule has 0 saturated carbocycles. The molecule has 18 heavy (non-hydrogen) atoms. The van der Waals surface area contributed by atoms with E-state index in [1.807, 2.05) is 18.4 Å². The third-order valence-electron chi connectivity index (χ3n) is 2.32. The van der Waals surface area contributed by atoms with Crippen LogP contribution in [0.3, 0.4) is 0 Å². The van der Waals surface area contributed by atoms with Gasteiger partial charge in [0.1, 0.15) is 5.75 Å². The minimum atomic E-state index is -0.223. The van der Waals surface area contributed by atoms with Gasteiger partial charge in [0.2, 0.25) is 0 Å². The lowest BCUT2D eigenvalue weighted by Gasteiger charge is -1.98. The maximum Gasteiger partial charge on any atom is 0.281 e. The van der Waals surface area contributed by atoms with E-state index in [9.17, 15) is 9.90 Å². The van der Waals surface area contributed by atoms with E-state index in [0.717, 1.165) is 11.1 Å². The van der Waals surface area contributed by atoms with Gasteiger partial charge >= 0.3 is 0 Å². The van der Waals surface area contributed by atoms with Crippen LogP contribution >= 0.6 is 11.3 Å². The number of aryl methyl sites for hydroxylation is 1. The Bertz CT molecular complexity index is 590. The molecule has 0 bridgehead atoms. The fourth-order valence-electron chi connectivity index (χ4n) is 1.43. The van der Waals surface area contributed by atoms with Crippen LogP contribution in [-0.4, -0.2) is 17.2 Å². The van der Waals surface area contributed by atoms with E-state index >= 15 is 0 Å². The van der Waals surface area contributed by atoms with Gasteiger partial charge in [-0.2, -0.15) is 5.10 Å². The van der Waals surface area contributed by atoms with E-state index < -0.39 is 0 Å². The van der Waals surface area contributed by atoms with Gasteiger partial charge in [0, 0.05) is 0 Å². The number of hydrogen-bond donors (Lipinski definition) is 2. The Labute approximate surface area is 109 Å². The van der Waals surface area contributed by atoms with Crippen molar-refractivity contribution in [3.63, 3.8) is 0 Å². The number of phenols is 1. The maximum atomic E-state index is 11.7. The van der Waals surface area contributed by atoms with Crippen molar-refractivity contribution >= 4 is 23.5 Å². The first kappa shape index (κ1) is 12.3. The molecule has 2 rings (SSSR count). The summed E-state index contributed by atoms with van der Waals surface area (Å²) in [6.45, 7) is 1.88. The number of carbonyl (C=O) groups excluding carboxylic acids is 1. The summed E-state index contributed by atoms with van der Waals surface area (Å²) in [7, 11) is 0. The lowest BCUT2D eigenvalue weighted by atomic mass is 10.2. The van der Waals surface area contributed by atoms with E-state index in [4.69, 9.17) is 0 Å².